The number of amides is 1. The van der Waals surface area contributed by atoms with Gasteiger partial charge in [-0.3, -0.25) is 9.69 Å². The van der Waals surface area contributed by atoms with Gasteiger partial charge in [0.25, 0.3) is 0 Å². The molecule has 0 aromatic heterocycles. The number of hydrogen-bond donors (Lipinski definition) is 1. The number of nitrogens with zero attached hydrogens (tertiary/aromatic N) is 2. The molecule has 1 saturated heterocycles. The van der Waals surface area contributed by atoms with Gasteiger partial charge in [-0.05, 0) is 13.3 Å². The first kappa shape index (κ1) is 12.2. The molecule has 4 heteroatoms. The van der Waals surface area contributed by atoms with E-state index in [9.17, 15) is 4.79 Å². The van der Waals surface area contributed by atoms with Crippen LogP contribution in [0.4, 0.5) is 0 Å². The Hall–Kier alpha value is -0.870. The molecule has 1 rings (SSSR count). The van der Waals surface area contributed by atoms with Gasteiger partial charge in [-0.25, -0.2) is 0 Å². The van der Waals surface area contributed by atoms with Crippen molar-refractivity contribution in [1.29, 1.82) is 0 Å². The average Bonchev–Trinajstić information content (AvgIpc) is 2.32. The standard InChI is InChI=1S/C11H21N3O/c1-4-6-14-7-5-9(2)13(3)11(15)10(14)8-12/h4,9-10H,1,5-8,12H2,2-3H3. The van der Waals surface area contributed by atoms with Crippen LogP contribution in [0.15, 0.2) is 12.7 Å². The molecule has 1 fully saturated rings. The fraction of sp³-hybridized carbons (Fsp3) is 0.727. The monoisotopic (exact) mass is 211 g/mol. The van der Waals surface area contributed by atoms with Crippen LogP contribution in [0.1, 0.15) is 13.3 Å². The van der Waals surface area contributed by atoms with Crippen LogP contribution in [0, 0.1) is 0 Å². The first-order chi connectivity index (χ1) is 7.11. The van der Waals surface area contributed by atoms with Gasteiger partial charge in [0.1, 0.15) is 6.04 Å². The molecule has 0 aromatic rings. The van der Waals surface area contributed by atoms with E-state index < -0.39 is 0 Å². The molecule has 15 heavy (non-hydrogen) atoms. The summed E-state index contributed by atoms with van der Waals surface area (Å²) in [6.45, 7) is 7.80. The van der Waals surface area contributed by atoms with E-state index in [1.54, 1.807) is 4.90 Å². The van der Waals surface area contributed by atoms with Crippen LogP contribution < -0.4 is 5.73 Å². The molecular weight excluding hydrogens is 190 g/mol. The van der Waals surface area contributed by atoms with Crippen LogP contribution in [-0.4, -0.2) is 54.5 Å². The molecule has 1 aliphatic heterocycles. The second-order valence-corrected chi connectivity index (χ2v) is 4.12. The van der Waals surface area contributed by atoms with Crippen LogP contribution in [-0.2, 0) is 4.79 Å². The number of nitrogens with two attached hydrogens (primary N) is 1. The molecule has 1 heterocycles. The third kappa shape index (κ3) is 2.58. The highest BCUT2D eigenvalue weighted by Crippen LogP contribution is 2.14. The van der Waals surface area contributed by atoms with E-state index in [0.717, 1.165) is 19.5 Å². The third-order valence-electron chi connectivity index (χ3n) is 3.16. The topological polar surface area (TPSA) is 49.6 Å². The Morgan fingerprint density at radius 2 is 2.33 bits per heavy atom. The van der Waals surface area contributed by atoms with Crippen molar-refractivity contribution in [2.24, 2.45) is 5.73 Å². The molecule has 0 aromatic carbocycles. The van der Waals surface area contributed by atoms with E-state index in [0.29, 0.717) is 12.6 Å². The molecule has 0 radical (unpaired) electrons. The first-order valence-corrected chi connectivity index (χ1v) is 5.43. The Balaban J connectivity index is 2.82. The molecule has 1 amide bonds. The van der Waals surface area contributed by atoms with Crippen molar-refractivity contribution in [3.63, 3.8) is 0 Å². The lowest BCUT2D eigenvalue weighted by Crippen LogP contribution is -2.49. The van der Waals surface area contributed by atoms with Crippen LogP contribution in [0.3, 0.4) is 0 Å². The summed E-state index contributed by atoms with van der Waals surface area (Å²) < 4.78 is 0. The highest BCUT2D eigenvalue weighted by atomic mass is 16.2. The Morgan fingerprint density at radius 1 is 1.67 bits per heavy atom. The Labute approximate surface area is 91.7 Å². The molecule has 1 aliphatic rings. The zero-order valence-electron chi connectivity index (χ0n) is 9.65. The van der Waals surface area contributed by atoms with Crippen LogP contribution in [0.5, 0.6) is 0 Å². The predicted molar refractivity (Wildman–Crippen MR) is 61.5 cm³/mol. The van der Waals surface area contributed by atoms with Crippen molar-refractivity contribution >= 4 is 5.91 Å². The lowest BCUT2D eigenvalue weighted by molar-refractivity contribution is -0.135. The molecule has 0 spiro atoms. The summed E-state index contributed by atoms with van der Waals surface area (Å²) in [7, 11) is 1.85. The van der Waals surface area contributed by atoms with E-state index in [-0.39, 0.29) is 11.9 Å². The fourth-order valence-corrected chi connectivity index (χ4v) is 1.94. The van der Waals surface area contributed by atoms with Gasteiger partial charge in [0.15, 0.2) is 0 Å². The van der Waals surface area contributed by atoms with Crippen LogP contribution in [0.25, 0.3) is 0 Å². The van der Waals surface area contributed by atoms with Gasteiger partial charge >= 0.3 is 0 Å². The molecular formula is C11H21N3O. The SMILES string of the molecule is C=CCN1CCC(C)N(C)C(=O)C1CN. The van der Waals surface area contributed by atoms with Crippen molar-refractivity contribution in [1.82, 2.24) is 9.80 Å². The van der Waals surface area contributed by atoms with Crippen molar-refractivity contribution < 1.29 is 4.79 Å². The largest absolute Gasteiger partial charge is 0.342 e. The molecule has 2 unspecified atom stereocenters. The number of rotatable bonds is 3. The maximum absolute atomic E-state index is 12.0. The summed E-state index contributed by atoms with van der Waals surface area (Å²) in [5.41, 5.74) is 5.67. The lowest BCUT2D eigenvalue weighted by atomic mass is 10.2. The minimum Gasteiger partial charge on any atom is -0.342 e. The van der Waals surface area contributed by atoms with Gasteiger partial charge in [-0.2, -0.15) is 0 Å². The summed E-state index contributed by atoms with van der Waals surface area (Å²) in [4.78, 5) is 16.0. The third-order valence-corrected chi connectivity index (χ3v) is 3.16. The molecule has 2 atom stereocenters. The van der Waals surface area contributed by atoms with Gasteiger partial charge in [0.05, 0.1) is 0 Å². The molecule has 2 N–H and O–H groups in total. The van der Waals surface area contributed by atoms with Crippen molar-refractivity contribution in [2.75, 3.05) is 26.7 Å². The molecule has 4 nitrogen and oxygen atoms in total. The Kier molecular flexibility index (Phi) is 4.29. The van der Waals surface area contributed by atoms with Crippen molar-refractivity contribution in [3.8, 4) is 0 Å². The number of hydrogen-bond acceptors (Lipinski definition) is 3. The van der Waals surface area contributed by atoms with E-state index in [1.807, 2.05) is 13.1 Å². The smallest absolute Gasteiger partial charge is 0.241 e. The predicted octanol–water partition coefficient (Wildman–Crippen LogP) is 0.0523. The zero-order valence-corrected chi connectivity index (χ0v) is 9.65. The minimum atomic E-state index is -0.182. The molecule has 0 aliphatic carbocycles. The molecule has 0 bridgehead atoms. The van der Waals surface area contributed by atoms with Gasteiger partial charge in [0, 0.05) is 32.7 Å². The lowest BCUT2D eigenvalue weighted by Gasteiger charge is -2.28. The normalized spacial score (nSPS) is 29.0. The summed E-state index contributed by atoms with van der Waals surface area (Å²) in [6.07, 6.45) is 2.82. The summed E-state index contributed by atoms with van der Waals surface area (Å²) in [6, 6.07) is 0.110. The van der Waals surface area contributed by atoms with Gasteiger partial charge in [-0.15, -0.1) is 6.58 Å². The second-order valence-electron chi connectivity index (χ2n) is 4.12. The fourth-order valence-electron chi connectivity index (χ4n) is 1.94. The molecule has 0 saturated carbocycles. The number of carbonyl (C=O) groups is 1. The highest BCUT2D eigenvalue weighted by Gasteiger charge is 2.32. The Bertz CT molecular complexity index is 242. The van der Waals surface area contributed by atoms with E-state index in [1.165, 1.54) is 0 Å². The van der Waals surface area contributed by atoms with Gasteiger partial charge in [0.2, 0.25) is 5.91 Å². The van der Waals surface area contributed by atoms with Crippen LogP contribution >= 0.6 is 0 Å². The quantitative estimate of drug-likeness (QED) is 0.671. The van der Waals surface area contributed by atoms with E-state index in [2.05, 4.69) is 18.4 Å². The number of carbonyl (C=O) groups excluding carboxylic acids is 1. The van der Waals surface area contributed by atoms with E-state index in [4.69, 9.17) is 5.73 Å². The Morgan fingerprint density at radius 3 is 2.87 bits per heavy atom. The minimum absolute atomic E-state index is 0.129. The number of likely N-dealkylation sites (N-methyl/N-ethyl adjacent to an activating group) is 1. The van der Waals surface area contributed by atoms with Crippen LogP contribution in [0.2, 0.25) is 0 Å². The maximum atomic E-state index is 12.0. The second kappa shape index (κ2) is 5.28. The van der Waals surface area contributed by atoms with Crippen molar-refractivity contribution in [3.05, 3.63) is 12.7 Å². The average molecular weight is 211 g/mol. The summed E-state index contributed by atoms with van der Waals surface area (Å²) in [5.74, 6) is 0.129. The van der Waals surface area contributed by atoms with Gasteiger partial charge < -0.3 is 10.6 Å². The zero-order chi connectivity index (χ0) is 11.4. The highest BCUT2D eigenvalue weighted by molar-refractivity contribution is 5.82. The van der Waals surface area contributed by atoms with Gasteiger partial charge in [-0.1, -0.05) is 6.08 Å². The van der Waals surface area contributed by atoms with E-state index >= 15 is 0 Å². The summed E-state index contributed by atoms with van der Waals surface area (Å²) in [5, 5.41) is 0. The first-order valence-electron chi connectivity index (χ1n) is 5.43. The summed E-state index contributed by atoms with van der Waals surface area (Å²) >= 11 is 0. The maximum Gasteiger partial charge on any atom is 0.241 e. The van der Waals surface area contributed by atoms with Crippen molar-refractivity contribution in [2.45, 2.75) is 25.4 Å². The molecule has 86 valence electrons.